The van der Waals surface area contributed by atoms with Crippen LogP contribution in [0.3, 0.4) is 0 Å². The number of amides is 1. The summed E-state index contributed by atoms with van der Waals surface area (Å²) in [5.41, 5.74) is 2.51. The molecule has 0 atom stereocenters. The van der Waals surface area contributed by atoms with E-state index in [-0.39, 0.29) is 29.2 Å². The first-order valence-electron chi connectivity index (χ1n) is 7.35. The summed E-state index contributed by atoms with van der Waals surface area (Å²) in [7, 11) is -3.64. The van der Waals surface area contributed by atoms with Gasteiger partial charge < -0.3 is 5.32 Å². The van der Waals surface area contributed by atoms with Gasteiger partial charge in [-0.05, 0) is 23.1 Å². The molecule has 0 spiro atoms. The molecule has 0 saturated heterocycles. The molecule has 2 aromatic rings. The van der Waals surface area contributed by atoms with Gasteiger partial charge in [-0.2, -0.15) is 0 Å². The van der Waals surface area contributed by atoms with Crippen molar-refractivity contribution in [3.63, 3.8) is 0 Å². The smallest absolute Gasteiger partial charge is 0.240 e. The Balaban J connectivity index is 1.90. The summed E-state index contributed by atoms with van der Waals surface area (Å²) in [6, 6.07) is 6.75. The van der Waals surface area contributed by atoms with Gasteiger partial charge in [0.15, 0.2) is 0 Å². The number of benzene rings is 1. The Bertz CT molecular complexity index is 779. The Hall–Kier alpha value is -1.84. The van der Waals surface area contributed by atoms with Crippen molar-refractivity contribution < 1.29 is 13.2 Å². The number of nitrogens with one attached hydrogen (secondary N) is 2. The van der Waals surface area contributed by atoms with Gasteiger partial charge in [-0.1, -0.05) is 44.2 Å². The molecule has 2 N–H and O–H groups in total. The van der Waals surface area contributed by atoms with Gasteiger partial charge in [-0.25, -0.2) is 13.1 Å². The van der Waals surface area contributed by atoms with Crippen LogP contribution < -0.4 is 10.0 Å². The summed E-state index contributed by atoms with van der Waals surface area (Å²) >= 11 is 1.20. The number of sulfonamides is 1. The summed E-state index contributed by atoms with van der Waals surface area (Å²) in [6.45, 7) is 6.19. The second-order valence-corrected chi connectivity index (χ2v) is 8.81. The van der Waals surface area contributed by atoms with Crippen LogP contribution in [0.25, 0.3) is 0 Å². The van der Waals surface area contributed by atoms with Gasteiger partial charge in [0.25, 0.3) is 0 Å². The molecule has 24 heavy (non-hydrogen) atoms. The first kappa shape index (κ1) is 18.5. The Morgan fingerprint density at radius 1 is 1.21 bits per heavy atom. The fourth-order valence-corrected chi connectivity index (χ4v) is 3.42. The number of carbonyl (C=O) groups excluding carboxylic acids is 1. The van der Waals surface area contributed by atoms with Crippen molar-refractivity contribution in [3.05, 3.63) is 35.3 Å². The standard InChI is InChI=1S/C15H20N4O3S2/c1-15(2,3)11-4-6-12(7-5-11)24(21,22)17-9-8-13(20)18-14-19-16-10-23-14/h4-7,10,17H,8-9H2,1-3H3,(H,18,19,20). The zero-order valence-electron chi connectivity index (χ0n) is 13.7. The minimum atomic E-state index is -3.64. The van der Waals surface area contributed by atoms with Crippen LogP contribution in [0.4, 0.5) is 5.13 Å². The van der Waals surface area contributed by atoms with E-state index in [4.69, 9.17) is 0 Å². The second kappa shape index (κ2) is 7.37. The van der Waals surface area contributed by atoms with Crippen molar-refractivity contribution in [1.29, 1.82) is 0 Å². The van der Waals surface area contributed by atoms with Gasteiger partial charge in [0, 0.05) is 13.0 Å². The van der Waals surface area contributed by atoms with Crippen molar-refractivity contribution >= 4 is 32.4 Å². The minimum Gasteiger partial charge on any atom is -0.300 e. The van der Waals surface area contributed by atoms with E-state index < -0.39 is 10.0 Å². The molecular weight excluding hydrogens is 348 g/mol. The van der Waals surface area contributed by atoms with Crippen LogP contribution >= 0.6 is 11.3 Å². The molecule has 9 heteroatoms. The maximum atomic E-state index is 12.2. The molecule has 0 unspecified atom stereocenters. The van der Waals surface area contributed by atoms with E-state index >= 15 is 0 Å². The lowest BCUT2D eigenvalue weighted by atomic mass is 9.87. The summed E-state index contributed by atoms with van der Waals surface area (Å²) in [5.74, 6) is -0.322. The average Bonchev–Trinajstić information content (AvgIpc) is 2.99. The first-order chi connectivity index (χ1) is 11.2. The molecule has 0 fully saturated rings. The number of hydrogen-bond donors (Lipinski definition) is 2. The largest absolute Gasteiger partial charge is 0.300 e. The quantitative estimate of drug-likeness (QED) is 0.813. The number of anilines is 1. The molecule has 1 heterocycles. The minimum absolute atomic E-state index is 0.00793. The van der Waals surface area contributed by atoms with E-state index in [2.05, 4.69) is 41.0 Å². The van der Waals surface area contributed by atoms with E-state index in [1.54, 1.807) is 24.3 Å². The molecular formula is C15H20N4O3S2. The molecule has 130 valence electrons. The SMILES string of the molecule is CC(C)(C)c1ccc(S(=O)(=O)NCCC(=O)Nc2nncs2)cc1. The van der Waals surface area contributed by atoms with Crippen molar-refractivity contribution in [2.24, 2.45) is 0 Å². The number of hydrogen-bond acceptors (Lipinski definition) is 6. The van der Waals surface area contributed by atoms with Crippen LogP contribution in [-0.2, 0) is 20.2 Å². The topological polar surface area (TPSA) is 101 Å². The molecule has 0 aliphatic heterocycles. The lowest BCUT2D eigenvalue weighted by Gasteiger charge is -2.19. The maximum Gasteiger partial charge on any atom is 0.240 e. The molecule has 1 amide bonds. The number of aromatic nitrogens is 2. The zero-order chi connectivity index (χ0) is 17.8. The Morgan fingerprint density at radius 3 is 2.42 bits per heavy atom. The van der Waals surface area contributed by atoms with Crippen LogP contribution in [0, 0.1) is 0 Å². The van der Waals surface area contributed by atoms with E-state index in [0.29, 0.717) is 5.13 Å². The summed E-state index contributed by atoms with van der Waals surface area (Å²) in [5, 5.41) is 10.2. The third kappa shape index (κ3) is 5.08. The van der Waals surface area contributed by atoms with Crippen molar-refractivity contribution in [1.82, 2.24) is 14.9 Å². The van der Waals surface area contributed by atoms with E-state index in [0.717, 1.165) is 5.56 Å². The van der Waals surface area contributed by atoms with E-state index in [9.17, 15) is 13.2 Å². The third-order valence-corrected chi connectivity index (χ3v) is 5.36. The monoisotopic (exact) mass is 368 g/mol. The third-order valence-electron chi connectivity index (χ3n) is 3.28. The highest BCUT2D eigenvalue weighted by atomic mass is 32.2. The molecule has 7 nitrogen and oxygen atoms in total. The fourth-order valence-electron chi connectivity index (χ4n) is 1.93. The molecule has 0 aliphatic carbocycles. The van der Waals surface area contributed by atoms with Crippen molar-refractivity contribution in [3.8, 4) is 0 Å². The maximum absolute atomic E-state index is 12.2. The Morgan fingerprint density at radius 2 is 1.88 bits per heavy atom. The molecule has 0 radical (unpaired) electrons. The lowest BCUT2D eigenvalue weighted by Crippen LogP contribution is -2.28. The zero-order valence-corrected chi connectivity index (χ0v) is 15.4. The first-order valence-corrected chi connectivity index (χ1v) is 9.71. The second-order valence-electron chi connectivity index (χ2n) is 6.21. The van der Waals surface area contributed by atoms with Gasteiger partial charge in [-0.15, -0.1) is 10.2 Å². The molecule has 1 aromatic carbocycles. The van der Waals surface area contributed by atoms with Crippen LogP contribution in [0.5, 0.6) is 0 Å². The number of rotatable bonds is 6. The summed E-state index contributed by atoms with van der Waals surface area (Å²) < 4.78 is 26.9. The number of carbonyl (C=O) groups is 1. The summed E-state index contributed by atoms with van der Waals surface area (Å²) in [6.07, 6.45) is 0.0128. The lowest BCUT2D eigenvalue weighted by molar-refractivity contribution is -0.116. The Kier molecular flexibility index (Phi) is 5.68. The molecule has 0 bridgehead atoms. The van der Waals surface area contributed by atoms with Crippen LogP contribution in [0.15, 0.2) is 34.7 Å². The van der Waals surface area contributed by atoms with Gasteiger partial charge in [0.05, 0.1) is 4.90 Å². The summed E-state index contributed by atoms with van der Waals surface area (Å²) in [4.78, 5) is 11.9. The van der Waals surface area contributed by atoms with Crippen LogP contribution in [-0.4, -0.2) is 31.1 Å². The predicted molar refractivity (Wildman–Crippen MR) is 93.5 cm³/mol. The highest BCUT2D eigenvalue weighted by Crippen LogP contribution is 2.23. The number of nitrogens with zero attached hydrogens (tertiary/aromatic N) is 2. The average molecular weight is 368 g/mol. The van der Waals surface area contributed by atoms with Crippen LogP contribution in [0.2, 0.25) is 0 Å². The van der Waals surface area contributed by atoms with E-state index in [1.807, 2.05) is 0 Å². The molecule has 2 rings (SSSR count). The molecule has 0 saturated carbocycles. The Labute approximate surface area is 145 Å². The van der Waals surface area contributed by atoms with Crippen molar-refractivity contribution in [2.75, 3.05) is 11.9 Å². The van der Waals surface area contributed by atoms with Crippen molar-refractivity contribution in [2.45, 2.75) is 37.5 Å². The van der Waals surface area contributed by atoms with Gasteiger partial charge in [0.1, 0.15) is 5.51 Å². The fraction of sp³-hybridized carbons (Fsp3) is 0.400. The van der Waals surface area contributed by atoms with Gasteiger partial charge >= 0.3 is 0 Å². The van der Waals surface area contributed by atoms with Crippen LogP contribution in [0.1, 0.15) is 32.8 Å². The van der Waals surface area contributed by atoms with Gasteiger partial charge in [0.2, 0.25) is 21.1 Å². The van der Waals surface area contributed by atoms with E-state index in [1.165, 1.54) is 16.8 Å². The normalized spacial score (nSPS) is 12.1. The van der Waals surface area contributed by atoms with Gasteiger partial charge in [-0.3, -0.25) is 4.79 Å². The highest BCUT2D eigenvalue weighted by Gasteiger charge is 2.17. The highest BCUT2D eigenvalue weighted by molar-refractivity contribution is 7.89. The predicted octanol–water partition coefficient (Wildman–Crippen LogP) is 2.14. The molecule has 1 aromatic heterocycles. The molecule has 0 aliphatic rings.